The van der Waals surface area contributed by atoms with E-state index in [4.69, 9.17) is 0 Å². The molecule has 2 aromatic carbocycles. The van der Waals surface area contributed by atoms with E-state index in [1.807, 2.05) is 6.92 Å². The van der Waals surface area contributed by atoms with Crippen molar-refractivity contribution >= 4 is 17.5 Å². The number of carbonyl (C=O) groups excluding carboxylic acids is 2. The van der Waals surface area contributed by atoms with Crippen molar-refractivity contribution < 1.29 is 19.1 Å². The number of anilines is 1. The van der Waals surface area contributed by atoms with E-state index < -0.39 is 12.1 Å². The maximum atomic E-state index is 13.2. The van der Waals surface area contributed by atoms with E-state index in [0.29, 0.717) is 11.3 Å². The minimum atomic E-state index is -0.505. The Morgan fingerprint density at radius 2 is 2.00 bits per heavy atom. The van der Waals surface area contributed by atoms with Gasteiger partial charge >= 0.3 is 6.03 Å². The second-order valence-electron chi connectivity index (χ2n) is 6.14. The molecule has 5 nitrogen and oxygen atoms in total. The second-order valence-corrected chi connectivity index (χ2v) is 6.14. The highest BCUT2D eigenvalue weighted by atomic mass is 19.1. The summed E-state index contributed by atoms with van der Waals surface area (Å²) < 4.78 is 13.2. The molecule has 3 rings (SSSR count). The first-order chi connectivity index (χ1) is 12.5. The zero-order valence-electron chi connectivity index (χ0n) is 14.3. The van der Waals surface area contributed by atoms with E-state index in [1.165, 1.54) is 29.3 Å². The minimum Gasteiger partial charge on any atom is -0.392 e. The van der Waals surface area contributed by atoms with E-state index in [9.17, 15) is 19.1 Å². The predicted octanol–water partition coefficient (Wildman–Crippen LogP) is 3.69. The van der Waals surface area contributed by atoms with Gasteiger partial charge in [0.2, 0.25) is 0 Å². The molecule has 0 aliphatic carbocycles. The van der Waals surface area contributed by atoms with Crippen LogP contribution in [0.4, 0.5) is 14.9 Å². The van der Waals surface area contributed by atoms with Crippen LogP contribution in [-0.4, -0.2) is 21.8 Å². The predicted molar refractivity (Wildman–Crippen MR) is 95.9 cm³/mol. The van der Waals surface area contributed by atoms with Crippen LogP contribution in [0.15, 0.2) is 54.7 Å². The third kappa shape index (κ3) is 3.65. The molecule has 26 heavy (non-hydrogen) atoms. The summed E-state index contributed by atoms with van der Waals surface area (Å²) in [6.07, 6.45) is 2.93. The molecule has 1 aliphatic rings. The molecule has 0 saturated carbocycles. The number of hydrogen-bond acceptors (Lipinski definition) is 3. The molecule has 0 bridgehead atoms. The number of halogens is 1. The fourth-order valence-electron chi connectivity index (χ4n) is 2.97. The number of amides is 2. The lowest BCUT2D eigenvalue weighted by atomic mass is 9.97. The van der Waals surface area contributed by atoms with Crippen LogP contribution in [0.25, 0.3) is 0 Å². The van der Waals surface area contributed by atoms with Crippen LogP contribution in [0.1, 0.15) is 29.2 Å². The molecular weight excluding hydrogens is 335 g/mol. The molecule has 1 aliphatic heterocycles. The molecule has 0 fully saturated rings. The molecular formula is C20H19FN2O3. The van der Waals surface area contributed by atoms with Gasteiger partial charge in [0.15, 0.2) is 5.78 Å². The molecule has 1 heterocycles. The topological polar surface area (TPSA) is 69.6 Å². The van der Waals surface area contributed by atoms with Gasteiger partial charge < -0.3 is 10.4 Å². The second kappa shape index (κ2) is 7.49. The van der Waals surface area contributed by atoms with Crippen molar-refractivity contribution in [2.75, 3.05) is 5.32 Å². The number of nitrogens with one attached hydrogen (secondary N) is 1. The SMILES string of the molecule is Cc1c(CO)cccc1NC(=O)N1C=CC(=O)CC1c1ccc(F)cc1. The highest BCUT2D eigenvalue weighted by Crippen LogP contribution is 2.30. The number of carbonyl (C=O) groups is 2. The Morgan fingerprint density at radius 3 is 2.69 bits per heavy atom. The lowest BCUT2D eigenvalue weighted by Crippen LogP contribution is -2.37. The van der Waals surface area contributed by atoms with Crippen LogP contribution in [0.5, 0.6) is 0 Å². The summed E-state index contributed by atoms with van der Waals surface area (Å²) >= 11 is 0. The lowest BCUT2D eigenvalue weighted by Gasteiger charge is -2.31. The van der Waals surface area contributed by atoms with Crippen molar-refractivity contribution in [3.8, 4) is 0 Å². The summed E-state index contributed by atoms with van der Waals surface area (Å²) in [5, 5.41) is 12.2. The minimum absolute atomic E-state index is 0.0955. The first-order valence-electron chi connectivity index (χ1n) is 8.24. The molecule has 6 heteroatoms. The van der Waals surface area contributed by atoms with E-state index in [-0.39, 0.29) is 24.6 Å². The first kappa shape index (κ1) is 17.8. The van der Waals surface area contributed by atoms with Gasteiger partial charge in [-0.05, 0) is 47.9 Å². The monoisotopic (exact) mass is 354 g/mol. The lowest BCUT2D eigenvalue weighted by molar-refractivity contribution is -0.116. The fraction of sp³-hybridized carbons (Fsp3) is 0.200. The molecule has 2 aromatic rings. The maximum Gasteiger partial charge on any atom is 0.326 e. The molecule has 134 valence electrons. The third-order valence-corrected chi connectivity index (χ3v) is 4.50. The number of ketones is 1. The highest BCUT2D eigenvalue weighted by molar-refractivity contribution is 5.96. The van der Waals surface area contributed by atoms with Crippen LogP contribution < -0.4 is 5.32 Å². The largest absolute Gasteiger partial charge is 0.392 e. The standard InChI is InChI=1S/C20H19FN2O3/c1-13-15(12-24)3-2-4-18(13)22-20(26)23-10-9-17(25)11-19(23)14-5-7-16(21)8-6-14/h2-10,19,24H,11-12H2,1H3,(H,22,26). The summed E-state index contributed by atoms with van der Waals surface area (Å²) in [6.45, 7) is 1.69. The summed E-state index contributed by atoms with van der Waals surface area (Å²) in [6, 6.07) is 10.1. The van der Waals surface area contributed by atoms with Gasteiger partial charge in [-0.1, -0.05) is 24.3 Å². The summed E-state index contributed by atoms with van der Waals surface area (Å²) in [4.78, 5) is 26.1. The summed E-state index contributed by atoms with van der Waals surface area (Å²) in [7, 11) is 0. The molecule has 0 saturated heterocycles. The van der Waals surface area contributed by atoms with Crippen molar-refractivity contribution in [2.24, 2.45) is 0 Å². The number of nitrogens with zero attached hydrogens (tertiary/aromatic N) is 1. The van der Waals surface area contributed by atoms with Crippen LogP contribution in [0.2, 0.25) is 0 Å². The highest BCUT2D eigenvalue weighted by Gasteiger charge is 2.29. The van der Waals surface area contributed by atoms with Crippen molar-refractivity contribution in [2.45, 2.75) is 26.0 Å². The number of benzene rings is 2. The number of allylic oxidation sites excluding steroid dienone is 1. The molecule has 0 radical (unpaired) electrons. The van der Waals surface area contributed by atoms with Crippen LogP contribution in [0, 0.1) is 12.7 Å². The molecule has 0 spiro atoms. The van der Waals surface area contributed by atoms with Gasteiger partial charge in [-0.25, -0.2) is 9.18 Å². The van der Waals surface area contributed by atoms with Crippen LogP contribution >= 0.6 is 0 Å². The Balaban J connectivity index is 1.87. The smallest absolute Gasteiger partial charge is 0.326 e. The summed E-state index contributed by atoms with van der Waals surface area (Å²) in [5.74, 6) is -0.472. The van der Waals surface area contributed by atoms with Crippen molar-refractivity contribution in [3.63, 3.8) is 0 Å². The Labute approximate surface area is 150 Å². The number of aliphatic hydroxyl groups is 1. The van der Waals surface area contributed by atoms with Gasteiger partial charge in [0.05, 0.1) is 12.6 Å². The molecule has 1 unspecified atom stereocenters. The number of rotatable bonds is 3. The Hall–Kier alpha value is -2.99. The van der Waals surface area contributed by atoms with Crippen molar-refractivity contribution in [1.82, 2.24) is 4.90 Å². The first-order valence-corrected chi connectivity index (χ1v) is 8.24. The van der Waals surface area contributed by atoms with E-state index in [0.717, 1.165) is 11.1 Å². The van der Waals surface area contributed by atoms with Gasteiger partial charge in [-0.15, -0.1) is 0 Å². The Bertz CT molecular complexity index is 862. The molecule has 2 amide bonds. The molecule has 0 aromatic heterocycles. The average molecular weight is 354 g/mol. The van der Waals surface area contributed by atoms with Crippen molar-refractivity contribution in [1.29, 1.82) is 0 Å². The normalized spacial score (nSPS) is 16.7. The third-order valence-electron chi connectivity index (χ3n) is 4.50. The zero-order valence-corrected chi connectivity index (χ0v) is 14.3. The summed E-state index contributed by atoms with van der Waals surface area (Å²) in [5.41, 5.74) is 2.77. The fourth-order valence-corrected chi connectivity index (χ4v) is 2.97. The Morgan fingerprint density at radius 1 is 1.27 bits per heavy atom. The van der Waals surface area contributed by atoms with Gasteiger partial charge in [0.25, 0.3) is 0 Å². The molecule has 1 atom stereocenters. The number of hydrogen-bond donors (Lipinski definition) is 2. The van der Waals surface area contributed by atoms with E-state index in [2.05, 4.69) is 5.32 Å². The zero-order chi connectivity index (χ0) is 18.7. The number of urea groups is 1. The quantitative estimate of drug-likeness (QED) is 0.883. The van der Waals surface area contributed by atoms with Gasteiger partial charge in [0.1, 0.15) is 5.82 Å². The Kier molecular flexibility index (Phi) is 5.14. The maximum absolute atomic E-state index is 13.2. The average Bonchev–Trinajstić information content (AvgIpc) is 2.64. The van der Waals surface area contributed by atoms with Crippen LogP contribution in [-0.2, 0) is 11.4 Å². The van der Waals surface area contributed by atoms with Gasteiger partial charge in [-0.2, -0.15) is 0 Å². The van der Waals surface area contributed by atoms with Gasteiger partial charge in [0, 0.05) is 18.3 Å². The van der Waals surface area contributed by atoms with Gasteiger partial charge in [-0.3, -0.25) is 9.69 Å². The van der Waals surface area contributed by atoms with Crippen molar-refractivity contribution in [3.05, 3.63) is 77.2 Å². The van der Waals surface area contributed by atoms with E-state index in [1.54, 1.807) is 30.3 Å². The number of aliphatic hydroxyl groups excluding tert-OH is 1. The van der Waals surface area contributed by atoms with E-state index >= 15 is 0 Å². The van der Waals surface area contributed by atoms with Crippen LogP contribution in [0.3, 0.4) is 0 Å². The molecule has 2 N–H and O–H groups in total.